The molecule has 0 aliphatic rings. The lowest BCUT2D eigenvalue weighted by atomic mass is 10.2. The summed E-state index contributed by atoms with van der Waals surface area (Å²) < 4.78 is 33.1. The smallest absolute Gasteiger partial charge is 0.387 e. The Morgan fingerprint density at radius 2 is 1.81 bits per heavy atom. The van der Waals surface area contributed by atoms with Gasteiger partial charge in [0.15, 0.2) is 6.61 Å². The van der Waals surface area contributed by atoms with Crippen molar-refractivity contribution in [3.63, 3.8) is 0 Å². The summed E-state index contributed by atoms with van der Waals surface area (Å²) in [5, 5.41) is 2.94. The molecule has 8 heteroatoms. The van der Waals surface area contributed by atoms with E-state index in [1.165, 1.54) is 30.3 Å². The normalized spacial score (nSPS) is 10.8. The van der Waals surface area contributed by atoms with Crippen LogP contribution in [0.4, 0.5) is 14.5 Å². The molecule has 0 radical (unpaired) electrons. The summed E-state index contributed by atoms with van der Waals surface area (Å²) in [6.07, 6.45) is 2.63. The molecule has 2 rings (SSSR count). The molecule has 0 heterocycles. The number of carbonyl (C=O) groups excluding carboxylic acids is 2. The Kier molecular flexibility index (Phi) is 7.11. The molecule has 0 unspecified atom stereocenters. The first-order chi connectivity index (χ1) is 12.4. The zero-order chi connectivity index (χ0) is 18.9. The van der Waals surface area contributed by atoms with Gasteiger partial charge in [-0.1, -0.05) is 29.8 Å². The van der Waals surface area contributed by atoms with Crippen molar-refractivity contribution < 1.29 is 27.8 Å². The number of alkyl halides is 2. The highest BCUT2D eigenvalue weighted by molar-refractivity contribution is 6.32. The summed E-state index contributed by atoms with van der Waals surface area (Å²) in [6.45, 7) is -3.42. The maximum Gasteiger partial charge on any atom is 0.387 e. The Morgan fingerprint density at radius 1 is 1.12 bits per heavy atom. The lowest BCUT2D eigenvalue weighted by molar-refractivity contribution is -0.142. The number of rotatable bonds is 7. The SMILES string of the molecule is O=C(COC(=O)/C=C/c1ccccc1Cl)Nc1ccc(OC(F)F)cc1. The number of hydrogen-bond donors (Lipinski definition) is 1. The molecule has 0 saturated carbocycles. The molecule has 26 heavy (non-hydrogen) atoms. The zero-order valence-electron chi connectivity index (χ0n) is 13.3. The van der Waals surface area contributed by atoms with Gasteiger partial charge in [-0.05, 0) is 42.0 Å². The maximum atomic E-state index is 12.0. The van der Waals surface area contributed by atoms with Crippen LogP contribution in [-0.2, 0) is 14.3 Å². The van der Waals surface area contributed by atoms with Crippen LogP contribution in [0.3, 0.4) is 0 Å². The highest BCUT2D eigenvalue weighted by atomic mass is 35.5. The van der Waals surface area contributed by atoms with E-state index in [0.29, 0.717) is 16.3 Å². The largest absolute Gasteiger partial charge is 0.452 e. The van der Waals surface area contributed by atoms with Crippen molar-refractivity contribution >= 4 is 35.2 Å². The van der Waals surface area contributed by atoms with Crippen molar-refractivity contribution in [3.8, 4) is 5.75 Å². The second-order valence-electron chi connectivity index (χ2n) is 4.91. The second-order valence-corrected chi connectivity index (χ2v) is 5.32. The van der Waals surface area contributed by atoms with E-state index in [9.17, 15) is 18.4 Å². The molecule has 2 aromatic rings. The van der Waals surface area contributed by atoms with Gasteiger partial charge in [-0.3, -0.25) is 4.79 Å². The molecule has 0 saturated heterocycles. The van der Waals surface area contributed by atoms with E-state index in [0.717, 1.165) is 6.08 Å². The predicted octanol–water partition coefficient (Wildman–Crippen LogP) is 4.14. The highest BCUT2D eigenvalue weighted by Crippen LogP contribution is 2.18. The number of carbonyl (C=O) groups is 2. The van der Waals surface area contributed by atoms with Crippen LogP contribution in [0, 0.1) is 0 Å². The van der Waals surface area contributed by atoms with Crippen LogP contribution in [0.25, 0.3) is 6.08 Å². The van der Waals surface area contributed by atoms with Crippen LogP contribution in [0.1, 0.15) is 5.56 Å². The highest BCUT2D eigenvalue weighted by Gasteiger charge is 2.07. The number of anilines is 1. The van der Waals surface area contributed by atoms with Crippen LogP contribution in [0.5, 0.6) is 5.75 Å². The third kappa shape index (κ3) is 6.52. The Balaban J connectivity index is 1.79. The number of nitrogens with one attached hydrogen (secondary N) is 1. The Hall–Kier alpha value is -2.93. The molecule has 0 aromatic heterocycles. The Morgan fingerprint density at radius 3 is 2.46 bits per heavy atom. The number of halogens is 3. The topological polar surface area (TPSA) is 64.6 Å². The van der Waals surface area contributed by atoms with Crippen molar-refractivity contribution in [2.24, 2.45) is 0 Å². The molecular formula is C18H14ClF2NO4. The summed E-state index contributed by atoms with van der Waals surface area (Å²) in [5.74, 6) is -1.32. The summed E-state index contributed by atoms with van der Waals surface area (Å²) in [7, 11) is 0. The predicted molar refractivity (Wildman–Crippen MR) is 93.1 cm³/mol. The fraction of sp³-hybridized carbons (Fsp3) is 0.111. The van der Waals surface area contributed by atoms with Crippen LogP contribution < -0.4 is 10.1 Å². The number of amides is 1. The first kappa shape index (κ1) is 19.4. The molecule has 0 fully saturated rings. The van der Waals surface area contributed by atoms with Crippen molar-refractivity contribution in [2.75, 3.05) is 11.9 Å². The molecule has 2 aromatic carbocycles. The summed E-state index contributed by atoms with van der Waals surface area (Å²) in [6, 6.07) is 12.2. The molecule has 0 aliphatic heterocycles. The van der Waals surface area contributed by atoms with Crippen molar-refractivity contribution in [1.29, 1.82) is 0 Å². The monoisotopic (exact) mass is 381 g/mol. The van der Waals surface area contributed by atoms with E-state index in [2.05, 4.69) is 10.1 Å². The fourth-order valence-electron chi connectivity index (χ4n) is 1.87. The van der Waals surface area contributed by atoms with Crippen LogP contribution in [-0.4, -0.2) is 25.1 Å². The average Bonchev–Trinajstić information content (AvgIpc) is 2.60. The van der Waals surface area contributed by atoms with E-state index in [1.54, 1.807) is 24.3 Å². The zero-order valence-corrected chi connectivity index (χ0v) is 14.1. The van der Waals surface area contributed by atoms with Gasteiger partial charge in [0.05, 0.1) is 0 Å². The van der Waals surface area contributed by atoms with Gasteiger partial charge in [-0.15, -0.1) is 0 Å². The summed E-state index contributed by atoms with van der Waals surface area (Å²) >= 11 is 5.95. The van der Waals surface area contributed by atoms with Gasteiger partial charge in [-0.25, -0.2) is 4.79 Å². The van der Waals surface area contributed by atoms with Crippen molar-refractivity contribution in [3.05, 3.63) is 65.2 Å². The van der Waals surface area contributed by atoms with Gasteiger partial charge in [0, 0.05) is 16.8 Å². The second kappa shape index (κ2) is 9.53. The van der Waals surface area contributed by atoms with Gasteiger partial charge < -0.3 is 14.8 Å². The lowest BCUT2D eigenvalue weighted by Gasteiger charge is -2.07. The first-order valence-corrected chi connectivity index (χ1v) is 7.76. The molecule has 0 aliphatic carbocycles. The standard InChI is InChI=1S/C18H14ClF2NO4/c19-15-4-2-1-3-12(15)5-10-17(24)25-11-16(23)22-13-6-8-14(9-7-13)26-18(20)21/h1-10,18H,11H2,(H,22,23)/b10-5+. The molecule has 1 amide bonds. The van der Waals surface area contributed by atoms with Crippen LogP contribution >= 0.6 is 11.6 Å². The third-order valence-corrected chi connectivity index (χ3v) is 3.36. The average molecular weight is 382 g/mol. The van der Waals surface area contributed by atoms with Gasteiger partial charge in [0.2, 0.25) is 0 Å². The van der Waals surface area contributed by atoms with E-state index < -0.39 is 25.1 Å². The molecule has 136 valence electrons. The summed E-state index contributed by atoms with van der Waals surface area (Å²) in [4.78, 5) is 23.3. The van der Waals surface area contributed by atoms with Gasteiger partial charge in [0.1, 0.15) is 5.75 Å². The molecule has 0 spiro atoms. The first-order valence-electron chi connectivity index (χ1n) is 7.38. The Bertz CT molecular complexity index is 794. The Labute approximate surface area is 153 Å². The summed E-state index contributed by atoms with van der Waals surface area (Å²) in [5.41, 5.74) is 0.987. The minimum atomic E-state index is -2.92. The quantitative estimate of drug-likeness (QED) is 0.578. The van der Waals surface area contributed by atoms with E-state index in [-0.39, 0.29) is 5.75 Å². The van der Waals surface area contributed by atoms with E-state index in [4.69, 9.17) is 16.3 Å². The van der Waals surface area contributed by atoms with E-state index in [1.807, 2.05) is 0 Å². The number of benzene rings is 2. The van der Waals surface area contributed by atoms with Crippen molar-refractivity contribution in [1.82, 2.24) is 0 Å². The number of hydrogen-bond acceptors (Lipinski definition) is 4. The molecule has 0 atom stereocenters. The molecular weight excluding hydrogens is 368 g/mol. The van der Waals surface area contributed by atoms with E-state index >= 15 is 0 Å². The van der Waals surface area contributed by atoms with Crippen LogP contribution in [0.2, 0.25) is 5.02 Å². The third-order valence-electron chi connectivity index (χ3n) is 3.01. The van der Waals surface area contributed by atoms with Gasteiger partial charge in [-0.2, -0.15) is 8.78 Å². The molecule has 1 N–H and O–H groups in total. The number of esters is 1. The number of ether oxygens (including phenoxy) is 2. The molecule has 5 nitrogen and oxygen atoms in total. The maximum absolute atomic E-state index is 12.0. The minimum absolute atomic E-state index is 0.0332. The minimum Gasteiger partial charge on any atom is -0.452 e. The fourth-order valence-corrected chi connectivity index (χ4v) is 2.07. The van der Waals surface area contributed by atoms with Gasteiger partial charge >= 0.3 is 12.6 Å². The molecule has 0 bridgehead atoms. The lowest BCUT2D eigenvalue weighted by Crippen LogP contribution is -2.20. The van der Waals surface area contributed by atoms with Crippen molar-refractivity contribution in [2.45, 2.75) is 6.61 Å². The van der Waals surface area contributed by atoms with Crippen LogP contribution in [0.15, 0.2) is 54.6 Å². The van der Waals surface area contributed by atoms with Gasteiger partial charge in [0.25, 0.3) is 5.91 Å².